The lowest BCUT2D eigenvalue weighted by Crippen LogP contribution is -2.10. The molecular weight excluding hydrogens is 322 g/mol. The predicted molar refractivity (Wildman–Crippen MR) is 91.1 cm³/mol. The second kappa shape index (κ2) is 7.39. The number of aromatic nitrogens is 5. The molecule has 9 nitrogen and oxygen atoms in total. The Kier molecular flexibility index (Phi) is 4.84. The molecule has 25 heavy (non-hydrogen) atoms. The Balaban J connectivity index is 1.71. The molecule has 0 radical (unpaired) electrons. The van der Waals surface area contributed by atoms with Gasteiger partial charge in [0.1, 0.15) is 17.2 Å². The summed E-state index contributed by atoms with van der Waals surface area (Å²) < 4.78 is 6.26. The fourth-order valence-electron chi connectivity index (χ4n) is 2.11. The number of rotatable bonds is 6. The van der Waals surface area contributed by atoms with Crippen molar-refractivity contribution in [2.75, 3.05) is 17.7 Å². The fraction of sp³-hybridized carbons (Fsp3) is 0.188. The minimum absolute atomic E-state index is 0.155. The summed E-state index contributed by atoms with van der Waals surface area (Å²) in [5.41, 5.74) is 7.03. The summed E-state index contributed by atoms with van der Waals surface area (Å²) in [6, 6.07) is 5.69. The average molecular weight is 339 g/mol. The van der Waals surface area contributed by atoms with E-state index in [9.17, 15) is 4.79 Å². The number of nitrogens with zero attached hydrogens (tertiary/aromatic N) is 5. The summed E-state index contributed by atoms with van der Waals surface area (Å²) in [5, 5.41) is 7.19. The smallest absolute Gasteiger partial charge is 0.343 e. The van der Waals surface area contributed by atoms with Gasteiger partial charge in [-0.05, 0) is 19.1 Å². The summed E-state index contributed by atoms with van der Waals surface area (Å²) >= 11 is 0. The molecule has 0 saturated carbocycles. The Hall–Kier alpha value is -3.49. The van der Waals surface area contributed by atoms with Gasteiger partial charge in [-0.25, -0.2) is 14.8 Å². The fourth-order valence-corrected chi connectivity index (χ4v) is 2.11. The van der Waals surface area contributed by atoms with Gasteiger partial charge in [-0.2, -0.15) is 9.78 Å². The number of carbonyl (C=O) groups is 1. The van der Waals surface area contributed by atoms with Gasteiger partial charge in [0, 0.05) is 6.20 Å². The van der Waals surface area contributed by atoms with E-state index in [1.54, 1.807) is 19.3 Å². The van der Waals surface area contributed by atoms with Crippen LogP contribution < -0.4 is 11.1 Å². The van der Waals surface area contributed by atoms with Crippen LogP contribution in [-0.4, -0.2) is 37.3 Å². The highest BCUT2D eigenvalue weighted by Crippen LogP contribution is 2.16. The zero-order chi connectivity index (χ0) is 17.6. The van der Waals surface area contributed by atoms with Crippen LogP contribution in [0.5, 0.6) is 0 Å². The monoisotopic (exact) mass is 339 g/mol. The van der Waals surface area contributed by atoms with Gasteiger partial charge in [-0.3, -0.25) is 4.98 Å². The van der Waals surface area contributed by atoms with Gasteiger partial charge in [-0.1, -0.05) is 6.07 Å². The SMILES string of the molecule is CCOC(=O)c1cnn(-c2cnc(NCc3ccccn3)cn2)c1N. The lowest BCUT2D eigenvalue weighted by Gasteiger charge is -2.07. The lowest BCUT2D eigenvalue weighted by atomic mass is 10.3. The first-order valence-electron chi connectivity index (χ1n) is 7.66. The molecule has 0 atom stereocenters. The van der Waals surface area contributed by atoms with E-state index in [4.69, 9.17) is 10.5 Å². The maximum atomic E-state index is 11.8. The van der Waals surface area contributed by atoms with Crippen molar-refractivity contribution in [2.45, 2.75) is 13.5 Å². The number of hydrogen-bond donors (Lipinski definition) is 2. The molecule has 0 aromatic carbocycles. The number of nitrogens with one attached hydrogen (secondary N) is 1. The third-order valence-electron chi connectivity index (χ3n) is 3.33. The highest BCUT2D eigenvalue weighted by atomic mass is 16.5. The minimum Gasteiger partial charge on any atom is -0.462 e. The van der Waals surface area contributed by atoms with Crippen LogP contribution in [0.1, 0.15) is 23.0 Å². The number of anilines is 2. The van der Waals surface area contributed by atoms with Crippen molar-refractivity contribution in [1.29, 1.82) is 0 Å². The molecule has 0 spiro atoms. The highest BCUT2D eigenvalue weighted by Gasteiger charge is 2.17. The van der Waals surface area contributed by atoms with Crippen LogP contribution in [0.15, 0.2) is 43.0 Å². The van der Waals surface area contributed by atoms with Gasteiger partial charge < -0.3 is 15.8 Å². The average Bonchev–Trinajstić information content (AvgIpc) is 3.03. The zero-order valence-corrected chi connectivity index (χ0v) is 13.6. The molecule has 0 saturated heterocycles. The first-order chi connectivity index (χ1) is 12.2. The van der Waals surface area contributed by atoms with E-state index in [0.717, 1.165) is 5.69 Å². The molecule has 3 heterocycles. The van der Waals surface area contributed by atoms with Gasteiger partial charge in [0.15, 0.2) is 5.82 Å². The number of pyridine rings is 1. The van der Waals surface area contributed by atoms with Gasteiger partial charge in [0.25, 0.3) is 0 Å². The summed E-state index contributed by atoms with van der Waals surface area (Å²) in [7, 11) is 0. The van der Waals surface area contributed by atoms with E-state index < -0.39 is 5.97 Å². The first kappa shape index (κ1) is 16.4. The molecule has 3 rings (SSSR count). The Morgan fingerprint density at radius 1 is 1.24 bits per heavy atom. The summed E-state index contributed by atoms with van der Waals surface area (Å²) in [5.74, 6) is 0.622. The van der Waals surface area contributed by atoms with E-state index in [1.165, 1.54) is 17.1 Å². The number of hydrogen-bond acceptors (Lipinski definition) is 8. The van der Waals surface area contributed by atoms with Gasteiger partial charge in [-0.15, -0.1) is 0 Å². The maximum absolute atomic E-state index is 11.8. The zero-order valence-electron chi connectivity index (χ0n) is 13.6. The third kappa shape index (κ3) is 3.71. The number of nitrogen functional groups attached to an aromatic ring is 1. The highest BCUT2D eigenvalue weighted by molar-refractivity contribution is 5.94. The summed E-state index contributed by atoms with van der Waals surface area (Å²) in [4.78, 5) is 24.5. The predicted octanol–water partition coefficient (Wildman–Crippen LogP) is 1.43. The van der Waals surface area contributed by atoms with Crippen molar-refractivity contribution in [3.05, 3.63) is 54.2 Å². The molecule has 0 amide bonds. The van der Waals surface area contributed by atoms with Crippen LogP contribution >= 0.6 is 0 Å². The number of esters is 1. The second-order valence-electron chi connectivity index (χ2n) is 5.01. The third-order valence-corrected chi connectivity index (χ3v) is 3.33. The van der Waals surface area contributed by atoms with Crippen LogP contribution in [0, 0.1) is 0 Å². The molecule has 128 valence electrons. The van der Waals surface area contributed by atoms with Crippen LogP contribution in [0.2, 0.25) is 0 Å². The van der Waals surface area contributed by atoms with Crippen molar-refractivity contribution in [1.82, 2.24) is 24.7 Å². The molecule has 3 aromatic heterocycles. The van der Waals surface area contributed by atoms with E-state index in [0.29, 0.717) is 18.2 Å². The molecule has 9 heteroatoms. The standard InChI is InChI=1S/C16H17N7O2/c1-2-25-16(24)12-8-22-23(15(12)17)14-10-20-13(9-21-14)19-7-11-5-3-4-6-18-11/h3-6,8-10H,2,7,17H2,1H3,(H,19,20). The molecular formula is C16H17N7O2. The molecule has 0 aliphatic rings. The lowest BCUT2D eigenvalue weighted by molar-refractivity contribution is 0.0527. The Morgan fingerprint density at radius 3 is 2.80 bits per heavy atom. The molecule has 0 unspecified atom stereocenters. The summed E-state index contributed by atoms with van der Waals surface area (Å²) in [6.07, 6.45) is 6.15. The van der Waals surface area contributed by atoms with E-state index in [-0.39, 0.29) is 18.0 Å². The minimum atomic E-state index is -0.521. The van der Waals surface area contributed by atoms with Crippen molar-refractivity contribution in [3.63, 3.8) is 0 Å². The van der Waals surface area contributed by atoms with E-state index in [2.05, 4.69) is 25.4 Å². The Bertz CT molecular complexity index is 847. The topological polar surface area (TPSA) is 121 Å². The second-order valence-corrected chi connectivity index (χ2v) is 5.01. The van der Waals surface area contributed by atoms with Gasteiger partial charge >= 0.3 is 5.97 Å². The number of ether oxygens (including phenoxy) is 1. The Labute approximate surface area is 143 Å². The molecule has 3 aromatic rings. The largest absolute Gasteiger partial charge is 0.462 e. The van der Waals surface area contributed by atoms with Gasteiger partial charge in [0.2, 0.25) is 0 Å². The van der Waals surface area contributed by atoms with Crippen molar-refractivity contribution in [3.8, 4) is 5.82 Å². The summed E-state index contributed by atoms with van der Waals surface area (Å²) in [6.45, 7) is 2.52. The molecule has 3 N–H and O–H groups in total. The first-order valence-corrected chi connectivity index (χ1v) is 7.66. The maximum Gasteiger partial charge on any atom is 0.343 e. The van der Waals surface area contributed by atoms with Crippen LogP contribution in [0.3, 0.4) is 0 Å². The van der Waals surface area contributed by atoms with E-state index in [1.807, 2.05) is 18.2 Å². The number of nitrogens with two attached hydrogens (primary N) is 1. The van der Waals surface area contributed by atoms with Crippen LogP contribution in [-0.2, 0) is 11.3 Å². The van der Waals surface area contributed by atoms with E-state index >= 15 is 0 Å². The molecule has 0 fully saturated rings. The van der Waals surface area contributed by atoms with Crippen LogP contribution in [0.4, 0.5) is 11.6 Å². The van der Waals surface area contributed by atoms with Crippen LogP contribution in [0.25, 0.3) is 5.82 Å². The molecule has 0 aliphatic heterocycles. The van der Waals surface area contributed by atoms with Crippen molar-refractivity contribution < 1.29 is 9.53 Å². The normalized spacial score (nSPS) is 10.4. The molecule has 0 aliphatic carbocycles. The van der Waals surface area contributed by atoms with Gasteiger partial charge in [0.05, 0.1) is 37.4 Å². The quantitative estimate of drug-likeness (QED) is 0.647. The van der Waals surface area contributed by atoms with Crippen molar-refractivity contribution in [2.24, 2.45) is 0 Å². The van der Waals surface area contributed by atoms with Crippen molar-refractivity contribution >= 4 is 17.6 Å². The Morgan fingerprint density at radius 2 is 2.12 bits per heavy atom. The number of carbonyl (C=O) groups excluding carboxylic acids is 1. The molecule has 0 bridgehead atoms.